The van der Waals surface area contributed by atoms with E-state index < -0.39 is 23.7 Å². The molecule has 1 atom stereocenters. The van der Waals surface area contributed by atoms with Gasteiger partial charge in [0.1, 0.15) is 6.54 Å². The van der Waals surface area contributed by atoms with Crippen molar-refractivity contribution in [1.29, 1.82) is 0 Å². The van der Waals surface area contributed by atoms with Crippen molar-refractivity contribution >= 4 is 23.0 Å². The zero-order valence-electron chi connectivity index (χ0n) is 15.8. The second-order valence-corrected chi connectivity index (χ2v) is 6.70. The van der Waals surface area contributed by atoms with Crippen molar-refractivity contribution in [2.75, 3.05) is 0 Å². The van der Waals surface area contributed by atoms with Crippen LogP contribution in [0.3, 0.4) is 0 Å². The molecule has 2 aromatic carbocycles. The minimum absolute atomic E-state index is 0.00499. The fraction of sp³-hybridized carbons (Fsp3) is 0.286. The number of para-hydroxylation sites is 2. The van der Waals surface area contributed by atoms with Crippen molar-refractivity contribution in [3.63, 3.8) is 0 Å². The molecule has 146 valence electrons. The summed E-state index contributed by atoms with van der Waals surface area (Å²) in [5, 5.41) is 2.83. The highest BCUT2D eigenvalue weighted by Crippen LogP contribution is 2.18. The largest absolute Gasteiger partial charge is 0.463 e. The molecule has 0 aliphatic rings. The number of benzene rings is 2. The van der Waals surface area contributed by atoms with Crippen LogP contribution in [0.25, 0.3) is 11.1 Å². The molecule has 7 heteroatoms. The van der Waals surface area contributed by atoms with E-state index in [9.17, 15) is 14.4 Å². The molecule has 0 bridgehead atoms. The van der Waals surface area contributed by atoms with Gasteiger partial charge in [0.25, 0.3) is 0 Å². The van der Waals surface area contributed by atoms with Crippen LogP contribution in [-0.4, -0.2) is 22.5 Å². The first kappa shape index (κ1) is 19.4. The Kier molecular flexibility index (Phi) is 5.93. The second-order valence-electron chi connectivity index (χ2n) is 6.70. The third-order valence-corrected chi connectivity index (χ3v) is 4.15. The van der Waals surface area contributed by atoms with Crippen molar-refractivity contribution in [3.05, 3.63) is 70.7 Å². The Bertz CT molecular complexity index is 1020. The lowest BCUT2D eigenvalue weighted by Crippen LogP contribution is -2.35. The highest BCUT2D eigenvalue weighted by molar-refractivity contribution is 5.80. The summed E-state index contributed by atoms with van der Waals surface area (Å²) in [4.78, 5) is 36.8. The number of nitrogens with zero attached hydrogens (tertiary/aromatic N) is 1. The Morgan fingerprint density at radius 2 is 1.75 bits per heavy atom. The zero-order valence-corrected chi connectivity index (χ0v) is 15.8. The van der Waals surface area contributed by atoms with E-state index in [0.717, 1.165) is 5.56 Å². The van der Waals surface area contributed by atoms with Crippen LogP contribution in [0.1, 0.15) is 31.9 Å². The summed E-state index contributed by atoms with van der Waals surface area (Å²) < 4.78 is 11.6. The zero-order chi connectivity index (χ0) is 20.1. The van der Waals surface area contributed by atoms with Crippen LogP contribution in [0.15, 0.2) is 63.8 Å². The standard InChI is InChI=1S/C21H22N2O5/c1-14(2)27-20(25)12-16(15-8-4-3-5-9-15)22-19(24)13-23-17-10-6-7-11-18(17)28-21(23)26/h3-11,14,16H,12-13H2,1-2H3,(H,22,24). The predicted octanol–water partition coefficient (Wildman–Crippen LogP) is 2.79. The predicted molar refractivity (Wildman–Crippen MR) is 104 cm³/mol. The Labute approximate surface area is 161 Å². The fourth-order valence-corrected chi connectivity index (χ4v) is 2.96. The third-order valence-electron chi connectivity index (χ3n) is 4.15. The first-order valence-corrected chi connectivity index (χ1v) is 9.06. The summed E-state index contributed by atoms with van der Waals surface area (Å²) in [6, 6.07) is 15.5. The first-order chi connectivity index (χ1) is 13.4. The van der Waals surface area contributed by atoms with Gasteiger partial charge >= 0.3 is 11.7 Å². The van der Waals surface area contributed by atoms with Crippen LogP contribution in [0.2, 0.25) is 0 Å². The van der Waals surface area contributed by atoms with Gasteiger partial charge in [-0.05, 0) is 31.5 Å². The summed E-state index contributed by atoms with van der Waals surface area (Å²) in [5.41, 5.74) is 1.74. The van der Waals surface area contributed by atoms with E-state index in [-0.39, 0.29) is 19.1 Å². The van der Waals surface area contributed by atoms with Crippen LogP contribution in [0.5, 0.6) is 0 Å². The number of carbonyl (C=O) groups excluding carboxylic acids is 2. The minimum atomic E-state index is -0.605. The maximum atomic E-state index is 12.6. The smallest absolute Gasteiger partial charge is 0.420 e. The maximum absolute atomic E-state index is 12.6. The lowest BCUT2D eigenvalue weighted by Gasteiger charge is -2.19. The van der Waals surface area contributed by atoms with Gasteiger partial charge in [0.15, 0.2) is 5.58 Å². The Morgan fingerprint density at radius 3 is 2.46 bits per heavy atom. The number of amides is 1. The van der Waals surface area contributed by atoms with Gasteiger partial charge in [0.2, 0.25) is 5.91 Å². The summed E-state index contributed by atoms with van der Waals surface area (Å²) in [7, 11) is 0. The quantitative estimate of drug-likeness (QED) is 0.635. The molecule has 0 saturated heterocycles. The van der Waals surface area contributed by atoms with Crippen LogP contribution in [0, 0.1) is 0 Å². The van der Waals surface area contributed by atoms with Gasteiger partial charge in [-0.15, -0.1) is 0 Å². The van der Waals surface area contributed by atoms with Crippen molar-refractivity contribution in [1.82, 2.24) is 9.88 Å². The molecule has 0 aliphatic carbocycles. The molecule has 0 saturated carbocycles. The van der Waals surface area contributed by atoms with Crippen molar-refractivity contribution in [2.24, 2.45) is 0 Å². The van der Waals surface area contributed by atoms with Crippen LogP contribution in [-0.2, 0) is 20.9 Å². The molecule has 7 nitrogen and oxygen atoms in total. The molecule has 1 unspecified atom stereocenters. The van der Waals surface area contributed by atoms with E-state index in [1.165, 1.54) is 4.57 Å². The molecule has 1 N–H and O–H groups in total. The second kappa shape index (κ2) is 8.56. The highest BCUT2D eigenvalue weighted by Gasteiger charge is 2.21. The number of carbonyl (C=O) groups is 2. The fourth-order valence-electron chi connectivity index (χ4n) is 2.96. The molecule has 28 heavy (non-hydrogen) atoms. The van der Waals surface area contributed by atoms with Gasteiger partial charge in [-0.2, -0.15) is 0 Å². The number of esters is 1. The van der Waals surface area contributed by atoms with Crippen molar-refractivity contribution < 1.29 is 18.7 Å². The molecule has 1 heterocycles. The maximum Gasteiger partial charge on any atom is 0.420 e. The summed E-state index contributed by atoms with van der Waals surface area (Å²) >= 11 is 0. The van der Waals surface area contributed by atoms with Gasteiger partial charge in [-0.25, -0.2) is 4.79 Å². The molecule has 3 rings (SSSR count). The van der Waals surface area contributed by atoms with Crippen molar-refractivity contribution in [2.45, 2.75) is 39.0 Å². The van der Waals surface area contributed by atoms with Gasteiger partial charge in [-0.3, -0.25) is 14.2 Å². The molecule has 3 aromatic rings. The first-order valence-electron chi connectivity index (χ1n) is 9.06. The summed E-state index contributed by atoms with van der Waals surface area (Å²) in [6.07, 6.45) is -0.245. The Morgan fingerprint density at radius 1 is 1.07 bits per heavy atom. The van der Waals surface area contributed by atoms with E-state index in [1.54, 1.807) is 38.1 Å². The number of hydrogen-bond donors (Lipinski definition) is 1. The van der Waals surface area contributed by atoms with Gasteiger partial charge < -0.3 is 14.5 Å². The molecule has 0 fully saturated rings. The average Bonchev–Trinajstić information content (AvgIpc) is 2.96. The van der Waals surface area contributed by atoms with Crippen LogP contribution < -0.4 is 11.1 Å². The Balaban J connectivity index is 1.78. The summed E-state index contributed by atoms with van der Waals surface area (Å²) in [5.74, 6) is -1.42. The van der Waals surface area contributed by atoms with Crippen LogP contribution in [0.4, 0.5) is 0 Å². The minimum Gasteiger partial charge on any atom is -0.463 e. The molecule has 1 amide bonds. The molecular weight excluding hydrogens is 360 g/mol. The van der Waals surface area contributed by atoms with E-state index >= 15 is 0 Å². The SMILES string of the molecule is CC(C)OC(=O)CC(NC(=O)Cn1c(=O)oc2ccccc21)c1ccccc1. The molecule has 0 aliphatic heterocycles. The number of rotatable bonds is 7. The molecule has 1 aromatic heterocycles. The van der Waals surface area contributed by atoms with E-state index in [4.69, 9.17) is 9.15 Å². The Hall–Kier alpha value is -3.35. The number of nitrogens with one attached hydrogen (secondary N) is 1. The number of fused-ring (bicyclic) bond motifs is 1. The van der Waals surface area contributed by atoms with E-state index in [0.29, 0.717) is 11.1 Å². The lowest BCUT2D eigenvalue weighted by molar-refractivity contribution is -0.148. The molecule has 0 radical (unpaired) electrons. The normalized spacial score (nSPS) is 12.1. The molecule has 0 spiro atoms. The lowest BCUT2D eigenvalue weighted by atomic mass is 10.0. The number of oxazole rings is 1. The summed E-state index contributed by atoms with van der Waals surface area (Å²) in [6.45, 7) is 3.33. The number of ether oxygens (including phenoxy) is 1. The monoisotopic (exact) mass is 382 g/mol. The van der Waals surface area contributed by atoms with E-state index in [2.05, 4.69) is 5.32 Å². The van der Waals surface area contributed by atoms with E-state index in [1.807, 2.05) is 30.3 Å². The molecular formula is C21H22N2O5. The third kappa shape index (κ3) is 4.68. The van der Waals surface area contributed by atoms with Crippen LogP contribution >= 0.6 is 0 Å². The number of aromatic nitrogens is 1. The van der Waals surface area contributed by atoms with Gasteiger partial charge in [-0.1, -0.05) is 42.5 Å². The highest BCUT2D eigenvalue weighted by atomic mass is 16.5. The number of hydrogen-bond acceptors (Lipinski definition) is 5. The average molecular weight is 382 g/mol. The van der Waals surface area contributed by atoms with Crippen molar-refractivity contribution in [3.8, 4) is 0 Å². The van der Waals surface area contributed by atoms with Gasteiger partial charge in [0, 0.05) is 0 Å². The van der Waals surface area contributed by atoms with Gasteiger partial charge in [0.05, 0.1) is 24.1 Å². The topological polar surface area (TPSA) is 90.5 Å².